The molecule has 100 valence electrons. The summed E-state index contributed by atoms with van der Waals surface area (Å²) in [6, 6.07) is 11.4. The summed E-state index contributed by atoms with van der Waals surface area (Å²) < 4.78 is 6.88. The lowest BCUT2D eigenvalue weighted by molar-refractivity contribution is 0.0786. The van der Waals surface area contributed by atoms with Crippen molar-refractivity contribution in [3.05, 3.63) is 30.3 Å². The van der Waals surface area contributed by atoms with E-state index in [0.29, 0.717) is 12.1 Å². The standard InChI is InChI=1S/C15H22INO/c1-13(12-16)18-11-9-15-8-5-10-17(15)14-6-3-2-4-7-14/h2-4,6-7,13,15H,5,8-12H2,1H3/t13-,15+/m1/s1. The number of alkyl halides is 1. The molecule has 0 unspecified atom stereocenters. The number of rotatable bonds is 6. The van der Waals surface area contributed by atoms with Crippen LogP contribution in [0.3, 0.4) is 0 Å². The summed E-state index contributed by atoms with van der Waals surface area (Å²) in [7, 11) is 0. The molecule has 2 nitrogen and oxygen atoms in total. The van der Waals surface area contributed by atoms with Crippen LogP contribution in [-0.2, 0) is 4.74 Å². The Morgan fingerprint density at radius 1 is 1.39 bits per heavy atom. The van der Waals surface area contributed by atoms with Crippen molar-refractivity contribution in [2.24, 2.45) is 0 Å². The summed E-state index contributed by atoms with van der Waals surface area (Å²) >= 11 is 2.38. The van der Waals surface area contributed by atoms with E-state index in [4.69, 9.17) is 4.74 Å². The van der Waals surface area contributed by atoms with E-state index in [1.807, 2.05) is 0 Å². The van der Waals surface area contributed by atoms with Crippen LogP contribution in [0.4, 0.5) is 5.69 Å². The lowest BCUT2D eigenvalue weighted by atomic mass is 10.1. The Morgan fingerprint density at radius 2 is 2.17 bits per heavy atom. The van der Waals surface area contributed by atoms with Crippen LogP contribution in [0.5, 0.6) is 0 Å². The number of ether oxygens (including phenoxy) is 1. The Bertz CT molecular complexity index is 344. The van der Waals surface area contributed by atoms with Crippen molar-refractivity contribution in [3.63, 3.8) is 0 Å². The Balaban J connectivity index is 1.84. The predicted octanol–water partition coefficient (Wildman–Crippen LogP) is 3.89. The van der Waals surface area contributed by atoms with Gasteiger partial charge in [-0.1, -0.05) is 40.8 Å². The summed E-state index contributed by atoms with van der Waals surface area (Å²) in [5.74, 6) is 0. The molecule has 0 bridgehead atoms. The molecule has 0 N–H and O–H groups in total. The first-order valence-electron chi connectivity index (χ1n) is 6.80. The molecule has 1 heterocycles. The second-order valence-corrected chi connectivity index (χ2v) is 5.83. The maximum atomic E-state index is 5.80. The van der Waals surface area contributed by atoms with Gasteiger partial charge in [0.05, 0.1) is 6.10 Å². The van der Waals surface area contributed by atoms with E-state index in [1.165, 1.54) is 25.1 Å². The highest BCUT2D eigenvalue weighted by Crippen LogP contribution is 2.27. The Kier molecular flexibility index (Phi) is 5.76. The molecule has 18 heavy (non-hydrogen) atoms. The molecule has 2 rings (SSSR count). The molecule has 3 heteroatoms. The Morgan fingerprint density at radius 3 is 2.89 bits per heavy atom. The van der Waals surface area contributed by atoms with Crippen LogP contribution >= 0.6 is 22.6 Å². The predicted molar refractivity (Wildman–Crippen MR) is 85.7 cm³/mol. The first-order valence-corrected chi connectivity index (χ1v) is 8.33. The number of hydrogen-bond acceptors (Lipinski definition) is 2. The topological polar surface area (TPSA) is 12.5 Å². The normalized spacial score (nSPS) is 21.2. The smallest absolute Gasteiger partial charge is 0.0636 e. The molecular formula is C15H22INO. The molecule has 0 saturated carbocycles. The largest absolute Gasteiger partial charge is 0.378 e. The maximum Gasteiger partial charge on any atom is 0.0636 e. The van der Waals surface area contributed by atoms with Gasteiger partial charge in [0.1, 0.15) is 0 Å². The monoisotopic (exact) mass is 359 g/mol. The number of hydrogen-bond donors (Lipinski definition) is 0. The lowest BCUT2D eigenvalue weighted by Gasteiger charge is -2.27. The van der Waals surface area contributed by atoms with Gasteiger partial charge >= 0.3 is 0 Å². The van der Waals surface area contributed by atoms with Gasteiger partial charge in [-0.3, -0.25) is 0 Å². The summed E-state index contributed by atoms with van der Waals surface area (Å²) in [6.07, 6.45) is 4.14. The minimum atomic E-state index is 0.386. The maximum absolute atomic E-state index is 5.80. The van der Waals surface area contributed by atoms with Crippen molar-refractivity contribution in [1.29, 1.82) is 0 Å². The van der Waals surface area contributed by atoms with E-state index in [0.717, 1.165) is 17.5 Å². The third kappa shape index (κ3) is 3.85. The number of benzene rings is 1. The highest BCUT2D eigenvalue weighted by atomic mass is 127. The zero-order chi connectivity index (χ0) is 12.8. The van der Waals surface area contributed by atoms with Gasteiger partial charge in [-0.05, 0) is 38.3 Å². The molecule has 2 atom stereocenters. The van der Waals surface area contributed by atoms with Crippen molar-refractivity contribution in [2.75, 3.05) is 22.5 Å². The van der Waals surface area contributed by atoms with E-state index >= 15 is 0 Å². The van der Waals surface area contributed by atoms with E-state index in [-0.39, 0.29) is 0 Å². The summed E-state index contributed by atoms with van der Waals surface area (Å²) in [5, 5.41) is 0. The molecule has 1 saturated heterocycles. The molecule has 1 aliphatic rings. The second-order valence-electron chi connectivity index (χ2n) is 4.95. The van der Waals surface area contributed by atoms with Crippen molar-refractivity contribution in [3.8, 4) is 0 Å². The second kappa shape index (κ2) is 7.34. The third-order valence-corrected chi connectivity index (χ3v) is 4.78. The van der Waals surface area contributed by atoms with Gasteiger partial charge < -0.3 is 9.64 Å². The molecule has 0 aromatic heterocycles. The fourth-order valence-electron chi connectivity index (χ4n) is 2.55. The highest BCUT2D eigenvalue weighted by molar-refractivity contribution is 14.1. The molecule has 1 fully saturated rings. The number of nitrogens with zero attached hydrogens (tertiary/aromatic N) is 1. The average Bonchev–Trinajstić information content (AvgIpc) is 2.88. The van der Waals surface area contributed by atoms with Gasteiger partial charge in [-0.2, -0.15) is 0 Å². The van der Waals surface area contributed by atoms with Gasteiger partial charge in [-0.15, -0.1) is 0 Å². The van der Waals surface area contributed by atoms with Crippen molar-refractivity contribution >= 4 is 28.3 Å². The van der Waals surface area contributed by atoms with Crippen LogP contribution in [0.25, 0.3) is 0 Å². The van der Waals surface area contributed by atoms with Gasteiger partial charge in [0.25, 0.3) is 0 Å². The minimum Gasteiger partial charge on any atom is -0.378 e. The molecule has 1 aliphatic heterocycles. The molecule has 1 aromatic carbocycles. The van der Waals surface area contributed by atoms with Crippen molar-refractivity contribution in [1.82, 2.24) is 0 Å². The fraction of sp³-hybridized carbons (Fsp3) is 0.600. The van der Waals surface area contributed by atoms with Crippen LogP contribution in [0.1, 0.15) is 26.2 Å². The average molecular weight is 359 g/mol. The Hall–Kier alpha value is -0.290. The van der Waals surface area contributed by atoms with Gasteiger partial charge in [0.2, 0.25) is 0 Å². The highest BCUT2D eigenvalue weighted by Gasteiger charge is 2.24. The van der Waals surface area contributed by atoms with Crippen LogP contribution in [-0.4, -0.2) is 29.7 Å². The van der Waals surface area contributed by atoms with Gasteiger partial charge in [-0.25, -0.2) is 0 Å². The van der Waals surface area contributed by atoms with E-state index < -0.39 is 0 Å². The lowest BCUT2D eigenvalue weighted by Crippen LogP contribution is -2.30. The zero-order valence-electron chi connectivity index (χ0n) is 11.0. The first-order chi connectivity index (χ1) is 8.81. The van der Waals surface area contributed by atoms with E-state index in [2.05, 4.69) is 64.7 Å². The third-order valence-electron chi connectivity index (χ3n) is 3.54. The quantitative estimate of drug-likeness (QED) is 0.565. The molecular weight excluding hydrogens is 337 g/mol. The number of anilines is 1. The van der Waals surface area contributed by atoms with Crippen LogP contribution < -0.4 is 4.90 Å². The van der Waals surface area contributed by atoms with Gasteiger partial charge in [0.15, 0.2) is 0 Å². The molecule has 0 radical (unpaired) electrons. The van der Waals surface area contributed by atoms with Crippen LogP contribution in [0.2, 0.25) is 0 Å². The summed E-state index contributed by atoms with van der Waals surface area (Å²) in [6.45, 7) is 4.23. The van der Waals surface area contributed by atoms with Crippen LogP contribution in [0, 0.1) is 0 Å². The number of halogens is 1. The number of para-hydroxylation sites is 1. The fourth-order valence-corrected chi connectivity index (χ4v) is 2.80. The molecule has 1 aromatic rings. The summed E-state index contributed by atoms with van der Waals surface area (Å²) in [5.41, 5.74) is 1.36. The zero-order valence-corrected chi connectivity index (χ0v) is 13.2. The van der Waals surface area contributed by atoms with Crippen LogP contribution in [0.15, 0.2) is 30.3 Å². The van der Waals surface area contributed by atoms with Crippen molar-refractivity contribution < 1.29 is 4.74 Å². The SMILES string of the molecule is C[C@H](CI)OCC[C@@H]1CCCN1c1ccccc1. The van der Waals surface area contributed by atoms with E-state index in [9.17, 15) is 0 Å². The van der Waals surface area contributed by atoms with E-state index in [1.54, 1.807) is 0 Å². The summed E-state index contributed by atoms with van der Waals surface area (Å²) in [4.78, 5) is 2.54. The molecule has 0 amide bonds. The van der Waals surface area contributed by atoms with Gasteiger partial charge in [0, 0.05) is 29.3 Å². The first kappa shape index (κ1) is 14.1. The molecule has 0 aliphatic carbocycles. The minimum absolute atomic E-state index is 0.386. The Labute approximate surface area is 124 Å². The molecule has 0 spiro atoms. The van der Waals surface area contributed by atoms with Crippen molar-refractivity contribution in [2.45, 2.75) is 38.3 Å².